The Bertz CT molecular complexity index is 416. The summed E-state index contributed by atoms with van der Waals surface area (Å²) in [4.78, 5) is 14.4. The number of piperazine rings is 1. The molecule has 0 aliphatic carbocycles. The van der Waals surface area contributed by atoms with Crippen molar-refractivity contribution in [3.63, 3.8) is 0 Å². The maximum absolute atomic E-state index is 12.5. The minimum atomic E-state index is 0.131. The highest BCUT2D eigenvalue weighted by molar-refractivity contribution is 9.10. The van der Waals surface area contributed by atoms with Crippen LogP contribution in [0.2, 0.25) is 0 Å². The Hall–Kier alpha value is -0.810. The summed E-state index contributed by atoms with van der Waals surface area (Å²) in [5, 5.41) is 3.29. The van der Waals surface area contributed by atoms with Crippen LogP contribution < -0.4 is 5.32 Å². The first-order chi connectivity index (χ1) is 8.13. The lowest BCUT2D eigenvalue weighted by molar-refractivity contribution is 0.0645. The molecule has 0 unspecified atom stereocenters. The van der Waals surface area contributed by atoms with Gasteiger partial charge in [-0.2, -0.15) is 0 Å². The van der Waals surface area contributed by atoms with Crippen LogP contribution in [0.5, 0.6) is 0 Å². The molecule has 1 saturated heterocycles. The zero-order valence-electron chi connectivity index (χ0n) is 10.2. The third-order valence-electron chi connectivity index (χ3n) is 3.19. The van der Waals surface area contributed by atoms with Gasteiger partial charge in [0.2, 0.25) is 0 Å². The molecule has 0 spiro atoms. The van der Waals surface area contributed by atoms with E-state index >= 15 is 0 Å². The van der Waals surface area contributed by atoms with Gasteiger partial charge in [0.15, 0.2) is 0 Å². The van der Waals surface area contributed by atoms with Crippen molar-refractivity contribution in [1.29, 1.82) is 0 Å². The second kappa shape index (κ2) is 5.23. The van der Waals surface area contributed by atoms with Crippen LogP contribution in [-0.4, -0.2) is 41.1 Å². The first-order valence-electron chi connectivity index (χ1n) is 6.01. The average molecular weight is 300 g/mol. The molecule has 1 aromatic rings. The van der Waals surface area contributed by atoms with Crippen molar-refractivity contribution in [2.24, 2.45) is 0 Å². The summed E-state index contributed by atoms with van der Waals surface area (Å²) in [6, 6.07) is 2.16. The molecule has 1 aliphatic heterocycles. The lowest BCUT2D eigenvalue weighted by atomic mass is 10.2. The monoisotopic (exact) mass is 299 g/mol. The summed E-state index contributed by atoms with van der Waals surface area (Å²) in [5.41, 5.74) is 0.771. The number of hydrogen-bond donors (Lipinski definition) is 1. The van der Waals surface area contributed by atoms with Crippen LogP contribution in [0.4, 0.5) is 0 Å². The van der Waals surface area contributed by atoms with E-state index in [4.69, 9.17) is 0 Å². The summed E-state index contributed by atoms with van der Waals surface area (Å²) < 4.78 is 2.95. The van der Waals surface area contributed by atoms with Crippen molar-refractivity contribution in [2.75, 3.05) is 19.6 Å². The third-order valence-corrected chi connectivity index (χ3v) is 3.62. The van der Waals surface area contributed by atoms with E-state index in [1.54, 1.807) is 0 Å². The van der Waals surface area contributed by atoms with Gasteiger partial charge < -0.3 is 14.8 Å². The SMILES string of the molecule is CCn1cc(Br)cc1C(=O)N1CCNC[C@@H]1C. The number of nitrogens with zero attached hydrogens (tertiary/aromatic N) is 2. The molecule has 4 nitrogen and oxygen atoms in total. The summed E-state index contributed by atoms with van der Waals surface area (Å²) in [5.74, 6) is 0.131. The van der Waals surface area contributed by atoms with E-state index in [0.717, 1.165) is 36.3 Å². The number of carbonyl (C=O) groups excluding carboxylic acids is 1. The predicted octanol–water partition coefficient (Wildman–Crippen LogP) is 1.70. The Balaban J connectivity index is 2.23. The Morgan fingerprint density at radius 2 is 2.41 bits per heavy atom. The number of carbonyl (C=O) groups is 1. The van der Waals surface area contributed by atoms with Gasteiger partial charge in [-0.25, -0.2) is 0 Å². The topological polar surface area (TPSA) is 37.3 Å². The number of hydrogen-bond acceptors (Lipinski definition) is 2. The minimum Gasteiger partial charge on any atom is -0.343 e. The normalized spacial score (nSPS) is 20.6. The van der Waals surface area contributed by atoms with Crippen molar-refractivity contribution in [2.45, 2.75) is 26.4 Å². The molecular weight excluding hydrogens is 282 g/mol. The fourth-order valence-electron chi connectivity index (χ4n) is 2.21. The van der Waals surface area contributed by atoms with Crippen LogP contribution in [0.3, 0.4) is 0 Å². The molecule has 5 heteroatoms. The fourth-order valence-corrected chi connectivity index (χ4v) is 2.67. The highest BCUT2D eigenvalue weighted by Gasteiger charge is 2.26. The van der Waals surface area contributed by atoms with Crippen LogP contribution in [0.15, 0.2) is 16.7 Å². The van der Waals surface area contributed by atoms with Gasteiger partial charge >= 0.3 is 0 Å². The van der Waals surface area contributed by atoms with E-state index < -0.39 is 0 Å². The van der Waals surface area contributed by atoms with Crippen LogP contribution in [0, 0.1) is 0 Å². The van der Waals surface area contributed by atoms with Crippen molar-refractivity contribution in [3.05, 3.63) is 22.4 Å². The zero-order chi connectivity index (χ0) is 12.4. The number of halogens is 1. The van der Waals surface area contributed by atoms with Crippen molar-refractivity contribution < 1.29 is 4.79 Å². The summed E-state index contributed by atoms with van der Waals surface area (Å²) in [6.07, 6.45) is 1.96. The second-order valence-corrected chi connectivity index (χ2v) is 5.30. The van der Waals surface area contributed by atoms with Gasteiger partial charge in [0.1, 0.15) is 5.69 Å². The molecule has 17 heavy (non-hydrogen) atoms. The first kappa shape index (κ1) is 12.6. The highest BCUT2D eigenvalue weighted by atomic mass is 79.9. The predicted molar refractivity (Wildman–Crippen MR) is 71.2 cm³/mol. The van der Waals surface area contributed by atoms with Gasteiger partial charge in [0, 0.05) is 42.9 Å². The van der Waals surface area contributed by atoms with E-state index in [2.05, 4.69) is 28.2 Å². The van der Waals surface area contributed by atoms with Crippen LogP contribution in [0.25, 0.3) is 0 Å². The van der Waals surface area contributed by atoms with Crippen LogP contribution >= 0.6 is 15.9 Å². The van der Waals surface area contributed by atoms with E-state index in [1.807, 2.05) is 28.7 Å². The van der Waals surface area contributed by atoms with E-state index in [-0.39, 0.29) is 11.9 Å². The molecule has 2 rings (SSSR count). The lowest BCUT2D eigenvalue weighted by Crippen LogP contribution is -2.52. The third kappa shape index (κ3) is 2.55. The van der Waals surface area contributed by atoms with Crippen molar-refractivity contribution in [1.82, 2.24) is 14.8 Å². The summed E-state index contributed by atoms with van der Waals surface area (Å²) in [6.45, 7) is 7.48. The molecule has 1 aliphatic rings. The Labute approximate surface area is 110 Å². The quantitative estimate of drug-likeness (QED) is 0.903. The minimum absolute atomic E-state index is 0.131. The number of rotatable bonds is 2. The van der Waals surface area contributed by atoms with Gasteiger partial charge in [-0.3, -0.25) is 4.79 Å². The number of nitrogens with one attached hydrogen (secondary N) is 1. The molecule has 94 valence electrons. The zero-order valence-corrected chi connectivity index (χ0v) is 11.8. The Morgan fingerprint density at radius 3 is 3.06 bits per heavy atom. The largest absolute Gasteiger partial charge is 0.343 e. The molecule has 1 fully saturated rings. The standard InChI is InChI=1S/C12H18BrN3O/c1-3-15-8-10(13)6-11(15)12(17)16-5-4-14-7-9(16)2/h6,8-9,14H,3-5,7H2,1-2H3/t9-/m0/s1. The number of aromatic nitrogens is 1. The number of amides is 1. The Kier molecular flexibility index (Phi) is 3.89. The van der Waals surface area contributed by atoms with Crippen molar-refractivity contribution in [3.8, 4) is 0 Å². The van der Waals surface area contributed by atoms with Gasteiger partial charge in [-0.15, -0.1) is 0 Å². The number of aryl methyl sites for hydroxylation is 1. The second-order valence-electron chi connectivity index (χ2n) is 4.38. The van der Waals surface area contributed by atoms with E-state index in [9.17, 15) is 4.79 Å². The summed E-state index contributed by atoms with van der Waals surface area (Å²) in [7, 11) is 0. The molecule has 1 aromatic heterocycles. The lowest BCUT2D eigenvalue weighted by Gasteiger charge is -2.34. The molecule has 2 heterocycles. The average Bonchev–Trinajstić information content (AvgIpc) is 2.70. The van der Waals surface area contributed by atoms with Gasteiger partial charge in [-0.1, -0.05) is 0 Å². The molecule has 1 N–H and O–H groups in total. The molecular formula is C12H18BrN3O. The molecule has 0 bridgehead atoms. The maximum Gasteiger partial charge on any atom is 0.270 e. The van der Waals surface area contributed by atoms with Gasteiger partial charge in [-0.05, 0) is 35.8 Å². The maximum atomic E-state index is 12.5. The van der Waals surface area contributed by atoms with E-state index in [0.29, 0.717) is 0 Å². The van der Waals surface area contributed by atoms with Crippen molar-refractivity contribution >= 4 is 21.8 Å². The molecule has 1 amide bonds. The molecule has 1 atom stereocenters. The van der Waals surface area contributed by atoms with Crippen LogP contribution in [-0.2, 0) is 6.54 Å². The molecule has 0 saturated carbocycles. The smallest absolute Gasteiger partial charge is 0.270 e. The first-order valence-corrected chi connectivity index (χ1v) is 6.80. The Morgan fingerprint density at radius 1 is 1.65 bits per heavy atom. The highest BCUT2D eigenvalue weighted by Crippen LogP contribution is 2.18. The molecule has 0 aromatic carbocycles. The van der Waals surface area contributed by atoms with Crippen LogP contribution in [0.1, 0.15) is 24.3 Å². The van der Waals surface area contributed by atoms with Gasteiger partial charge in [0.25, 0.3) is 5.91 Å². The summed E-state index contributed by atoms with van der Waals surface area (Å²) >= 11 is 3.43. The fraction of sp³-hybridized carbons (Fsp3) is 0.583. The molecule has 0 radical (unpaired) electrons. The van der Waals surface area contributed by atoms with E-state index in [1.165, 1.54) is 0 Å². The van der Waals surface area contributed by atoms with Gasteiger partial charge in [0.05, 0.1) is 0 Å².